The van der Waals surface area contributed by atoms with E-state index in [9.17, 15) is 4.79 Å². The number of nitrogens with one attached hydrogen (secondary N) is 1. The molecule has 0 fully saturated rings. The van der Waals surface area contributed by atoms with Crippen LogP contribution in [-0.2, 0) is 11.2 Å². The van der Waals surface area contributed by atoms with E-state index in [0.717, 1.165) is 29.0 Å². The number of methoxy groups -OCH3 is 1. The van der Waals surface area contributed by atoms with E-state index in [4.69, 9.17) is 16.3 Å². The van der Waals surface area contributed by atoms with Gasteiger partial charge in [0.25, 0.3) is 0 Å². The molecule has 158 valence electrons. The first-order chi connectivity index (χ1) is 15.1. The number of halogens is 1. The molecule has 0 saturated carbocycles. The Morgan fingerprint density at radius 2 is 1.84 bits per heavy atom. The number of benzene rings is 2. The van der Waals surface area contributed by atoms with Crippen molar-refractivity contribution in [3.05, 3.63) is 71.2 Å². The van der Waals surface area contributed by atoms with E-state index in [1.165, 1.54) is 11.8 Å². The Labute approximate surface area is 188 Å². The van der Waals surface area contributed by atoms with Crippen molar-refractivity contribution in [2.45, 2.75) is 11.6 Å². The molecule has 31 heavy (non-hydrogen) atoms. The summed E-state index contributed by atoms with van der Waals surface area (Å²) in [5, 5.41) is 17.1. The maximum absolute atomic E-state index is 12.2. The van der Waals surface area contributed by atoms with Gasteiger partial charge in [0.2, 0.25) is 11.1 Å². The maximum Gasteiger partial charge on any atom is 0.230 e. The zero-order chi connectivity index (χ0) is 21.6. The molecule has 0 aliphatic rings. The summed E-state index contributed by atoms with van der Waals surface area (Å²) >= 11 is 7.26. The molecule has 2 aromatic heterocycles. The molecular weight excluding hydrogens is 434 g/mol. The van der Waals surface area contributed by atoms with E-state index in [1.807, 2.05) is 60.7 Å². The number of fused-ring (bicyclic) bond motifs is 1. The van der Waals surface area contributed by atoms with Gasteiger partial charge in [0.1, 0.15) is 5.75 Å². The number of carbonyl (C=O) groups excluding carboxylic acids is 1. The van der Waals surface area contributed by atoms with Crippen molar-refractivity contribution in [2.75, 3.05) is 19.4 Å². The molecule has 0 bridgehead atoms. The molecule has 7 nitrogen and oxygen atoms in total. The number of amides is 1. The van der Waals surface area contributed by atoms with Crippen LogP contribution in [0.15, 0.2) is 65.8 Å². The van der Waals surface area contributed by atoms with Gasteiger partial charge in [-0.3, -0.25) is 4.79 Å². The molecule has 2 heterocycles. The lowest BCUT2D eigenvalue weighted by Gasteiger charge is -2.06. The predicted octanol–water partition coefficient (Wildman–Crippen LogP) is 3.90. The highest BCUT2D eigenvalue weighted by Crippen LogP contribution is 2.22. The van der Waals surface area contributed by atoms with Gasteiger partial charge >= 0.3 is 0 Å². The third kappa shape index (κ3) is 5.34. The van der Waals surface area contributed by atoms with Crippen molar-refractivity contribution in [3.63, 3.8) is 0 Å². The van der Waals surface area contributed by atoms with Gasteiger partial charge in [0.05, 0.1) is 18.6 Å². The fraction of sp³-hybridized carbons (Fsp3) is 0.182. The molecule has 4 rings (SSSR count). The zero-order valence-electron chi connectivity index (χ0n) is 16.8. The van der Waals surface area contributed by atoms with Crippen LogP contribution in [0, 0.1) is 0 Å². The van der Waals surface area contributed by atoms with Crippen LogP contribution >= 0.6 is 23.4 Å². The molecule has 2 aromatic carbocycles. The first-order valence-corrected chi connectivity index (χ1v) is 11.0. The van der Waals surface area contributed by atoms with E-state index in [2.05, 4.69) is 20.6 Å². The van der Waals surface area contributed by atoms with Crippen LogP contribution in [0.5, 0.6) is 5.75 Å². The summed E-state index contributed by atoms with van der Waals surface area (Å²) in [5.74, 6) is 0.984. The smallest absolute Gasteiger partial charge is 0.230 e. The minimum atomic E-state index is -0.0656. The molecule has 4 aromatic rings. The Morgan fingerprint density at radius 3 is 2.58 bits per heavy atom. The third-order valence-electron chi connectivity index (χ3n) is 4.60. The molecule has 0 radical (unpaired) electrons. The molecule has 0 atom stereocenters. The monoisotopic (exact) mass is 453 g/mol. The van der Waals surface area contributed by atoms with Crippen molar-refractivity contribution < 1.29 is 9.53 Å². The summed E-state index contributed by atoms with van der Waals surface area (Å²) in [7, 11) is 1.64. The van der Waals surface area contributed by atoms with Gasteiger partial charge in [0, 0.05) is 17.1 Å². The molecule has 0 aliphatic carbocycles. The standard InChI is InChI=1S/C22H20ClN5O2S/c1-30-18-8-2-15(3-9-18)12-13-24-21(29)14-31-22-26-25-20-11-10-19(27-28(20)22)16-4-6-17(23)7-5-16/h2-11H,12-14H2,1H3,(H,24,29). The van der Waals surface area contributed by atoms with Crippen LogP contribution < -0.4 is 10.1 Å². The molecule has 0 unspecified atom stereocenters. The van der Waals surface area contributed by atoms with Crippen molar-refractivity contribution in [1.29, 1.82) is 0 Å². The SMILES string of the molecule is COc1ccc(CCNC(=O)CSc2nnc3ccc(-c4ccc(Cl)cc4)nn23)cc1. The van der Waals surface area contributed by atoms with E-state index in [0.29, 0.717) is 22.4 Å². The minimum absolute atomic E-state index is 0.0656. The fourth-order valence-corrected chi connectivity index (χ4v) is 3.80. The van der Waals surface area contributed by atoms with Crippen molar-refractivity contribution >= 4 is 34.9 Å². The molecule has 1 N–H and O–H groups in total. The molecule has 0 saturated heterocycles. The largest absolute Gasteiger partial charge is 0.497 e. The van der Waals surface area contributed by atoms with Crippen LogP contribution in [0.3, 0.4) is 0 Å². The number of carbonyl (C=O) groups is 1. The van der Waals surface area contributed by atoms with Crippen LogP contribution in [0.25, 0.3) is 16.9 Å². The lowest BCUT2D eigenvalue weighted by molar-refractivity contribution is -0.118. The zero-order valence-corrected chi connectivity index (χ0v) is 18.4. The number of hydrogen-bond donors (Lipinski definition) is 1. The summed E-state index contributed by atoms with van der Waals surface area (Å²) < 4.78 is 6.80. The van der Waals surface area contributed by atoms with E-state index < -0.39 is 0 Å². The van der Waals surface area contributed by atoms with Crippen LogP contribution in [0.2, 0.25) is 5.02 Å². The number of rotatable bonds is 8. The average Bonchev–Trinajstić information content (AvgIpc) is 3.21. The first kappa shape index (κ1) is 21.1. The number of nitrogens with zero attached hydrogens (tertiary/aromatic N) is 4. The van der Waals surface area contributed by atoms with Gasteiger partial charge < -0.3 is 10.1 Å². The molecule has 0 aliphatic heterocycles. The van der Waals surface area contributed by atoms with Crippen LogP contribution in [0.1, 0.15) is 5.56 Å². The van der Waals surface area contributed by atoms with Gasteiger partial charge in [-0.1, -0.05) is 47.6 Å². The normalized spacial score (nSPS) is 10.9. The quantitative estimate of drug-likeness (QED) is 0.407. The van der Waals surface area contributed by atoms with Crippen LogP contribution in [-0.4, -0.2) is 45.1 Å². The van der Waals surface area contributed by atoms with E-state index in [-0.39, 0.29) is 11.7 Å². The third-order valence-corrected chi connectivity index (χ3v) is 5.77. The Balaban J connectivity index is 1.34. The predicted molar refractivity (Wildman–Crippen MR) is 122 cm³/mol. The van der Waals surface area contributed by atoms with Crippen molar-refractivity contribution in [1.82, 2.24) is 25.1 Å². The maximum atomic E-state index is 12.2. The Bertz CT molecular complexity index is 1180. The number of hydrogen-bond acceptors (Lipinski definition) is 6. The van der Waals surface area contributed by atoms with Crippen molar-refractivity contribution in [3.8, 4) is 17.0 Å². The first-order valence-electron chi connectivity index (χ1n) is 9.63. The second-order valence-corrected chi connectivity index (χ2v) is 8.09. The van der Waals surface area contributed by atoms with Gasteiger partial charge in [-0.05, 0) is 48.4 Å². The molecule has 1 amide bonds. The van der Waals surface area contributed by atoms with Crippen LogP contribution in [0.4, 0.5) is 0 Å². The highest BCUT2D eigenvalue weighted by Gasteiger charge is 2.11. The lowest BCUT2D eigenvalue weighted by Crippen LogP contribution is -2.27. The van der Waals surface area contributed by atoms with Gasteiger partial charge in [-0.15, -0.1) is 10.2 Å². The minimum Gasteiger partial charge on any atom is -0.497 e. The topological polar surface area (TPSA) is 81.4 Å². The number of ether oxygens (including phenoxy) is 1. The summed E-state index contributed by atoms with van der Waals surface area (Å²) in [5.41, 5.74) is 3.47. The van der Waals surface area contributed by atoms with E-state index >= 15 is 0 Å². The molecule has 0 spiro atoms. The highest BCUT2D eigenvalue weighted by molar-refractivity contribution is 7.99. The fourth-order valence-electron chi connectivity index (χ4n) is 2.95. The number of aromatic nitrogens is 4. The Kier molecular flexibility index (Phi) is 6.69. The van der Waals surface area contributed by atoms with Crippen molar-refractivity contribution in [2.24, 2.45) is 0 Å². The summed E-state index contributed by atoms with van der Waals surface area (Å²) in [6, 6.07) is 19.0. The Hall–Kier alpha value is -3.10. The second kappa shape index (κ2) is 9.80. The van der Waals surface area contributed by atoms with Gasteiger partial charge in [-0.25, -0.2) is 0 Å². The number of thioether (sulfide) groups is 1. The molecular formula is C22H20ClN5O2S. The lowest BCUT2D eigenvalue weighted by atomic mass is 10.1. The van der Waals surface area contributed by atoms with Gasteiger partial charge in [0.15, 0.2) is 5.65 Å². The highest BCUT2D eigenvalue weighted by atomic mass is 35.5. The molecule has 9 heteroatoms. The summed E-state index contributed by atoms with van der Waals surface area (Å²) in [4.78, 5) is 12.2. The average molecular weight is 454 g/mol. The second-order valence-electron chi connectivity index (χ2n) is 6.71. The Morgan fingerprint density at radius 1 is 1.06 bits per heavy atom. The summed E-state index contributed by atoms with van der Waals surface area (Å²) in [6.45, 7) is 0.561. The van der Waals surface area contributed by atoms with E-state index in [1.54, 1.807) is 11.6 Å². The van der Waals surface area contributed by atoms with Gasteiger partial charge in [-0.2, -0.15) is 9.61 Å². The summed E-state index contributed by atoms with van der Waals surface area (Å²) in [6.07, 6.45) is 0.750.